The summed E-state index contributed by atoms with van der Waals surface area (Å²) in [5, 5.41) is 20.5. The van der Waals surface area contributed by atoms with Crippen LogP contribution < -0.4 is 5.32 Å². The van der Waals surface area contributed by atoms with Gasteiger partial charge >= 0.3 is 0 Å². The lowest BCUT2D eigenvalue weighted by atomic mass is 10.3. The topological polar surface area (TPSA) is 127 Å². The maximum atomic E-state index is 10.5. The highest BCUT2D eigenvalue weighted by molar-refractivity contribution is 7.85. The van der Waals surface area contributed by atoms with Crippen LogP contribution >= 0.6 is 0 Å². The van der Waals surface area contributed by atoms with Gasteiger partial charge in [-0.15, -0.1) is 0 Å². The first-order chi connectivity index (χ1) is 7.89. The standard InChI is InChI=1S/C8H18N2O6S/c11-4-3-10(2-1-9-7-12)5-8(13)6-17(14,15)16/h7-8,11,13H,1-6H2,(H,9,12)(H,14,15,16). The molecule has 0 radical (unpaired) electrons. The molecular weight excluding hydrogens is 252 g/mol. The van der Waals surface area contributed by atoms with Crippen molar-refractivity contribution in [3.05, 3.63) is 0 Å². The molecule has 0 spiro atoms. The highest BCUT2D eigenvalue weighted by atomic mass is 32.2. The second-order valence-corrected chi connectivity index (χ2v) is 5.00. The molecule has 0 bridgehead atoms. The molecule has 17 heavy (non-hydrogen) atoms. The largest absolute Gasteiger partial charge is 0.395 e. The number of carbonyl (C=O) groups is 1. The first-order valence-electron chi connectivity index (χ1n) is 5.02. The van der Waals surface area contributed by atoms with Gasteiger partial charge in [-0.05, 0) is 0 Å². The van der Waals surface area contributed by atoms with Crippen molar-refractivity contribution < 1.29 is 28.0 Å². The molecule has 9 heteroatoms. The summed E-state index contributed by atoms with van der Waals surface area (Å²) in [5.74, 6) is -0.754. The second-order valence-electron chi connectivity index (χ2n) is 3.50. The highest BCUT2D eigenvalue weighted by Gasteiger charge is 2.17. The monoisotopic (exact) mass is 270 g/mol. The highest BCUT2D eigenvalue weighted by Crippen LogP contribution is 1.96. The van der Waals surface area contributed by atoms with Crippen LogP contribution in [0.5, 0.6) is 0 Å². The van der Waals surface area contributed by atoms with Crippen LogP contribution in [0.1, 0.15) is 0 Å². The molecule has 4 N–H and O–H groups in total. The zero-order valence-corrected chi connectivity index (χ0v) is 10.1. The molecule has 0 aromatic heterocycles. The number of hydrogen-bond donors (Lipinski definition) is 4. The molecular formula is C8H18N2O6S. The lowest BCUT2D eigenvalue weighted by molar-refractivity contribution is -0.109. The summed E-state index contributed by atoms with van der Waals surface area (Å²) in [6, 6.07) is 0. The molecule has 0 saturated heterocycles. The zero-order valence-electron chi connectivity index (χ0n) is 9.32. The average molecular weight is 270 g/mol. The van der Waals surface area contributed by atoms with Crippen LogP contribution in [0.2, 0.25) is 0 Å². The van der Waals surface area contributed by atoms with Crippen molar-refractivity contribution in [1.29, 1.82) is 0 Å². The van der Waals surface area contributed by atoms with Crippen molar-refractivity contribution in [3.8, 4) is 0 Å². The predicted molar refractivity (Wildman–Crippen MR) is 60.0 cm³/mol. The van der Waals surface area contributed by atoms with Crippen LogP contribution in [0.15, 0.2) is 0 Å². The molecule has 0 saturated carbocycles. The molecule has 102 valence electrons. The third-order valence-electron chi connectivity index (χ3n) is 1.94. The number of amides is 1. The smallest absolute Gasteiger partial charge is 0.267 e. The van der Waals surface area contributed by atoms with E-state index in [1.165, 1.54) is 0 Å². The molecule has 0 rings (SSSR count). The Kier molecular flexibility index (Phi) is 8.00. The average Bonchev–Trinajstić information content (AvgIpc) is 2.15. The van der Waals surface area contributed by atoms with Gasteiger partial charge in [-0.2, -0.15) is 8.42 Å². The van der Waals surface area contributed by atoms with Crippen LogP contribution in [0, 0.1) is 0 Å². The fourth-order valence-corrected chi connectivity index (χ4v) is 1.90. The van der Waals surface area contributed by atoms with Crippen molar-refractivity contribution in [2.45, 2.75) is 6.10 Å². The second kappa shape index (κ2) is 8.37. The van der Waals surface area contributed by atoms with Gasteiger partial charge in [0.1, 0.15) is 5.75 Å². The van der Waals surface area contributed by atoms with Crippen molar-refractivity contribution in [1.82, 2.24) is 10.2 Å². The minimum atomic E-state index is -4.22. The van der Waals surface area contributed by atoms with Crippen LogP contribution in [-0.4, -0.2) is 79.1 Å². The van der Waals surface area contributed by atoms with Gasteiger partial charge in [-0.25, -0.2) is 0 Å². The van der Waals surface area contributed by atoms with Gasteiger partial charge in [0.25, 0.3) is 10.1 Å². The van der Waals surface area contributed by atoms with E-state index in [0.29, 0.717) is 19.5 Å². The first-order valence-corrected chi connectivity index (χ1v) is 6.63. The zero-order chi connectivity index (χ0) is 13.3. The number of hydrogen-bond acceptors (Lipinski definition) is 6. The minimum absolute atomic E-state index is 0.0130. The maximum absolute atomic E-state index is 10.5. The van der Waals surface area contributed by atoms with Gasteiger partial charge in [0.05, 0.1) is 12.7 Å². The lowest BCUT2D eigenvalue weighted by Gasteiger charge is -2.23. The third-order valence-corrected chi connectivity index (χ3v) is 2.75. The van der Waals surface area contributed by atoms with Gasteiger partial charge in [0.2, 0.25) is 6.41 Å². The molecule has 0 aliphatic heterocycles. The van der Waals surface area contributed by atoms with E-state index in [-0.39, 0.29) is 19.7 Å². The Morgan fingerprint density at radius 1 is 1.35 bits per heavy atom. The minimum Gasteiger partial charge on any atom is -0.395 e. The summed E-state index contributed by atoms with van der Waals surface area (Å²) < 4.78 is 29.6. The Balaban J connectivity index is 4.08. The van der Waals surface area contributed by atoms with Crippen LogP contribution in [0.3, 0.4) is 0 Å². The van der Waals surface area contributed by atoms with E-state index < -0.39 is 22.0 Å². The van der Waals surface area contributed by atoms with Gasteiger partial charge in [0.15, 0.2) is 0 Å². The van der Waals surface area contributed by atoms with Crippen LogP contribution in [0.4, 0.5) is 0 Å². The number of aliphatic hydroxyl groups excluding tert-OH is 2. The van der Waals surface area contributed by atoms with E-state index in [4.69, 9.17) is 9.66 Å². The van der Waals surface area contributed by atoms with E-state index in [0.717, 1.165) is 0 Å². The number of carbonyl (C=O) groups excluding carboxylic acids is 1. The number of nitrogens with zero attached hydrogens (tertiary/aromatic N) is 1. The van der Waals surface area contributed by atoms with Crippen molar-refractivity contribution >= 4 is 16.5 Å². The van der Waals surface area contributed by atoms with Crippen LogP contribution in [-0.2, 0) is 14.9 Å². The molecule has 0 heterocycles. The SMILES string of the molecule is O=CNCCN(CCO)CC(O)CS(=O)(=O)O. The molecule has 0 fully saturated rings. The number of rotatable bonds is 10. The summed E-state index contributed by atoms with van der Waals surface area (Å²) in [7, 11) is -4.22. The lowest BCUT2D eigenvalue weighted by Crippen LogP contribution is -2.41. The molecule has 0 aromatic rings. The van der Waals surface area contributed by atoms with Crippen molar-refractivity contribution in [2.75, 3.05) is 38.5 Å². The van der Waals surface area contributed by atoms with Gasteiger partial charge < -0.3 is 15.5 Å². The molecule has 0 aliphatic carbocycles. The van der Waals surface area contributed by atoms with Gasteiger partial charge in [0, 0.05) is 26.2 Å². The third kappa shape index (κ3) is 10.1. The Labute approximate surface area is 100.0 Å². The quantitative estimate of drug-likeness (QED) is 0.193. The van der Waals surface area contributed by atoms with E-state index in [2.05, 4.69) is 5.32 Å². The number of nitrogens with one attached hydrogen (secondary N) is 1. The Bertz CT molecular complexity index is 307. The van der Waals surface area contributed by atoms with E-state index in [1.807, 2.05) is 0 Å². The Hall–Kier alpha value is -0.740. The Morgan fingerprint density at radius 3 is 2.47 bits per heavy atom. The molecule has 8 nitrogen and oxygen atoms in total. The summed E-state index contributed by atoms with van der Waals surface area (Å²) in [6.07, 6.45) is -0.723. The predicted octanol–water partition coefficient (Wildman–Crippen LogP) is -2.72. The molecule has 1 atom stereocenters. The fraction of sp³-hybridized carbons (Fsp3) is 0.875. The maximum Gasteiger partial charge on any atom is 0.267 e. The summed E-state index contributed by atoms with van der Waals surface area (Å²) in [4.78, 5) is 11.6. The van der Waals surface area contributed by atoms with E-state index in [1.54, 1.807) is 4.90 Å². The molecule has 0 aliphatic rings. The van der Waals surface area contributed by atoms with E-state index >= 15 is 0 Å². The molecule has 0 aromatic carbocycles. The number of aliphatic hydroxyl groups is 2. The van der Waals surface area contributed by atoms with Gasteiger partial charge in [-0.1, -0.05) is 0 Å². The molecule has 1 amide bonds. The fourth-order valence-electron chi connectivity index (χ4n) is 1.31. The van der Waals surface area contributed by atoms with Gasteiger partial charge in [-0.3, -0.25) is 14.2 Å². The Morgan fingerprint density at radius 2 is 2.00 bits per heavy atom. The van der Waals surface area contributed by atoms with Crippen molar-refractivity contribution in [2.24, 2.45) is 0 Å². The molecule has 1 unspecified atom stereocenters. The first kappa shape index (κ1) is 16.3. The normalized spacial score (nSPS) is 13.6. The van der Waals surface area contributed by atoms with Crippen LogP contribution in [0.25, 0.3) is 0 Å². The van der Waals surface area contributed by atoms with Crippen molar-refractivity contribution in [3.63, 3.8) is 0 Å². The summed E-state index contributed by atoms with van der Waals surface area (Å²) in [6.45, 7) is 0.758. The summed E-state index contributed by atoms with van der Waals surface area (Å²) >= 11 is 0. The van der Waals surface area contributed by atoms with E-state index in [9.17, 15) is 18.3 Å². The summed E-state index contributed by atoms with van der Waals surface area (Å²) in [5.41, 5.74) is 0.